The Hall–Kier alpha value is -1.55. The molecule has 1 aromatic rings. The minimum Gasteiger partial charge on any atom is -0.491 e. The first-order valence-electron chi connectivity index (χ1n) is 6.48. The van der Waals surface area contributed by atoms with Crippen LogP contribution in [0, 0.1) is 0 Å². The number of para-hydroxylation sites is 2. The Morgan fingerprint density at radius 3 is 3.00 bits per heavy atom. The van der Waals surface area contributed by atoms with Crippen LogP contribution >= 0.6 is 0 Å². The van der Waals surface area contributed by atoms with Crippen LogP contribution in [0.15, 0.2) is 24.3 Å². The van der Waals surface area contributed by atoms with Crippen LogP contribution in [0.1, 0.15) is 20.3 Å². The first kappa shape index (κ1) is 12.9. The van der Waals surface area contributed by atoms with E-state index in [0.717, 1.165) is 18.0 Å². The van der Waals surface area contributed by atoms with Crippen LogP contribution < -0.4 is 15.0 Å². The second-order valence-electron chi connectivity index (χ2n) is 4.53. The molecule has 2 rings (SSSR count). The van der Waals surface area contributed by atoms with E-state index in [4.69, 9.17) is 4.74 Å². The van der Waals surface area contributed by atoms with Gasteiger partial charge in [-0.1, -0.05) is 19.1 Å². The Morgan fingerprint density at radius 1 is 1.44 bits per heavy atom. The maximum atomic E-state index is 12.1. The highest BCUT2D eigenvalue weighted by Crippen LogP contribution is 2.30. The summed E-state index contributed by atoms with van der Waals surface area (Å²) < 4.78 is 5.61. The summed E-state index contributed by atoms with van der Waals surface area (Å²) in [7, 11) is 0. The van der Waals surface area contributed by atoms with Crippen LogP contribution in [0.5, 0.6) is 5.75 Å². The number of ether oxygens (including phenoxy) is 1. The Labute approximate surface area is 108 Å². The lowest BCUT2D eigenvalue weighted by molar-refractivity contribution is -0.118. The molecule has 1 heterocycles. The average Bonchev–Trinajstić information content (AvgIpc) is 2.51. The summed E-state index contributed by atoms with van der Waals surface area (Å²) in [6.07, 6.45) is 0.438. The van der Waals surface area contributed by atoms with Gasteiger partial charge in [0, 0.05) is 12.6 Å². The van der Waals surface area contributed by atoms with Crippen molar-refractivity contribution < 1.29 is 9.53 Å². The van der Waals surface area contributed by atoms with E-state index in [9.17, 15) is 4.79 Å². The smallest absolute Gasteiger partial charge is 0.230 e. The summed E-state index contributed by atoms with van der Waals surface area (Å²) in [6.45, 7) is 6.19. The third kappa shape index (κ3) is 2.82. The molecule has 0 spiro atoms. The van der Waals surface area contributed by atoms with Crippen molar-refractivity contribution in [3.63, 3.8) is 0 Å². The topological polar surface area (TPSA) is 41.6 Å². The Bertz CT molecular complexity index is 420. The summed E-state index contributed by atoms with van der Waals surface area (Å²) in [5.41, 5.74) is 0.879. The van der Waals surface area contributed by atoms with Gasteiger partial charge in [-0.2, -0.15) is 0 Å². The van der Waals surface area contributed by atoms with Gasteiger partial charge in [-0.05, 0) is 25.6 Å². The van der Waals surface area contributed by atoms with E-state index >= 15 is 0 Å². The second-order valence-corrected chi connectivity index (χ2v) is 4.53. The normalized spacial score (nSPS) is 16.8. The summed E-state index contributed by atoms with van der Waals surface area (Å²) in [5, 5.41) is 3.33. The van der Waals surface area contributed by atoms with Crippen molar-refractivity contribution in [3.05, 3.63) is 24.3 Å². The molecule has 0 saturated heterocycles. The summed E-state index contributed by atoms with van der Waals surface area (Å²) >= 11 is 0. The average molecular weight is 248 g/mol. The van der Waals surface area contributed by atoms with Gasteiger partial charge in [-0.25, -0.2) is 0 Å². The Balaban J connectivity index is 2.22. The van der Waals surface area contributed by atoms with E-state index in [0.29, 0.717) is 19.6 Å². The molecule has 0 radical (unpaired) electrons. The maximum Gasteiger partial charge on any atom is 0.230 e. The van der Waals surface area contributed by atoms with Gasteiger partial charge in [0.15, 0.2) is 0 Å². The van der Waals surface area contributed by atoms with E-state index in [1.165, 1.54) is 0 Å². The highest BCUT2D eigenvalue weighted by atomic mass is 16.5. The molecule has 1 unspecified atom stereocenters. The summed E-state index contributed by atoms with van der Waals surface area (Å²) in [5.74, 6) is 0.928. The lowest BCUT2D eigenvalue weighted by Crippen LogP contribution is -2.42. The van der Waals surface area contributed by atoms with Crippen molar-refractivity contribution in [1.82, 2.24) is 5.32 Å². The number of rotatable bonds is 4. The number of nitrogens with one attached hydrogen (secondary N) is 1. The van der Waals surface area contributed by atoms with Crippen molar-refractivity contribution in [2.24, 2.45) is 0 Å². The van der Waals surface area contributed by atoms with Crippen LogP contribution in [0.2, 0.25) is 0 Å². The van der Waals surface area contributed by atoms with Gasteiger partial charge in [-0.3, -0.25) is 4.79 Å². The first-order valence-corrected chi connectivity index (χ1v) is 6.48. The van der Waals surface area contributed by atoms with Crippen molar-refractivity contribution in [1.29, 1.82) is 0 Å². The number of nitrogens with zero attached hydrogens (tertiary/aromatic N) is 1. The molecule has 0 saturated carbocycles. The van der Waals surface area contributed by atoms with E-state index in [2.05, 4.69) is 19.2 Å². The molecule has 18 heavy (non-hydrogen) atoms. The van der Waals surface area contributed by atoms with E-state index in [1.54, 1.807) is 0 Å². The van der Waals surface area contributed by atoms with Crippen molar-refractivity contribution in [2.75, 3.05) is 24.6 Å². The maximum absolute atomic E-state index is 12.1. The highest BCUT2D eigenvalue weighted by molar-refractivity contribution is 5.95. The zero-order valence-corrected chi connectivity index (χ0v) is 11.0. The SMILES string of the molecule is CCNC(C)CN1C(=O)CCOc2ccccc21. The minimum absolute atomic E-state index is 0.129. The number of benzene rings is 1. The zero-order chi connectivity index (χ0) is 13.0. The lowest BCUT2D eigenvalue weighted by Gasteiger charge is -2.25. The van der Waals surface area contributed by atoms with Crippen LogP contribution in [0.25, 0.3) is 0 Å². The quantitative estimate of drug-likeness (QED) is 0.883. The molecule has 1 atom stereocenters. The number of carbonyl (C=O) groups is 1. The molecule has 1 aliphatic rings. The zero-order valence-electron chi connectivity index (χ0n) is 11.0. The molecule has 4 heteroatoms. The van der Waals surface area contributed by atoms with Crippen molar-refractivity contribution in [2.45, 2.75) is 26.3 Å². The summed E-state index contributed by atoms with van der Waals surface area (Å²) in [6, 6.07) is 7.99. The van der Waals surface area contributed by atoms with Crippen LogP contribution in [0.3, 0.4) is 0 Å². The van der Waals surface area contributed by atoms with E-state index in [-0.39, 0.29) is 11.9 Å². The lowest BCUT2D eigenvalue weighted by atomic mass is 10.2. The van der Waals surface area contributed by atoms with Gasteiger partial charge in [0.25, 0.3) is 0 Å². The molecular formula is C14H20N2O2. The number of hydrogen-bond acceptors (Lipinski definition) is 3. The predicted molar refractivity (Wildman–Crippen MR) is 72.0 cm³/mol. The van der Waals surface area contributed by atoms with Gasteiger partial charge in [-0.15, -0.1) is 0 Å². The standard InChI is InChI=1S/C14H20N2O2/c1-3-15-11(2)10-16-12-6-4-5-7-13(12)18-9-8-14(16)17/h4-7,11,15H,3,8-10H2,1-2H3. The first-order chi connectivity index (χ1) is 8.72. The monoisotopic (exact) mass is 248 g/mol. The molecule has 1 N–H and O–H groups in total. The molecule has 1 aliphatic heterocycles. The van der Waals surface area contributed by atoms with Crippen molar-refractivity contribution in [3.8, 4) is 5.75 Å². The van der Waals surface area contributed by atoms with Gasteiger partial charge >= 0.3 is 0 Å². The fraction of sp³-hybridized carbons (Fsp3) is 0.500. The molecule has 98 valence electrons. The Kier molecular flexibility index (Phi) is 4.20. The van der Waals surface area contributed by atoms with Crippen LogP contribution in [-0.4, -0.2) is 31.6 Å². The largest absolute Gasteiger partial charge is 0.491 e. The highest BCUT2D eigenvalue weighted by Gasteiger charge is 2.23. The van der Waals surface area contributed by atoms with E-state index in [1.807, 2.05) is 29.2 Å². The molecule has 4 nitrogen and oxygen atoms in total. The number of anilines is 1. The van der Waals surface area contributed by atoms with Gasteiger partial charge in [0.1, 0.15) is 5.75 Å². The molecule has 1 amide bonds. The minimum atomic E-state index is 0.129. The predicted octanol–water partition coefficient (Wildman–Crippen LogP) is 1.80. The van der Waals surface area contributed by atoms with Gasteiger partial charge in [0.05, 0.1) is 18.7 Å². The van der Waals surface area contributed by atoms with Gasteiger partial charge in [0.2, 0.25) is 5.91 Å². The third-order valence-corrected chi connectivity index (χ3v) is 3.04. The van der Waals surface area contributed by atoms with Crippen LogP contribution in [-0.2, 0) is 4.79 Å². The molecule has 0 aromatic heterocycles. The Morgan fingerprint density at radius 2 is 2.22 bits per heavy atom. The number of amides is 1. The number of hydrogen-bond donors (Lipinski definition) is 1. The fourth-order valence-electron chi connectivity index (χ4n) is 2.21. The second kappa shape index (κ2) is 5.87. The van der Waals surface area contributed by atoms with Gasteiger partial charge < -0.3 is 15.0 Å². The third-order valence-electron chi connectivity index (χ3n) is 3.04. The van der Waals surface area contributed by atoms with Crippen molar-refractivity contribution >= 4 is 11.6 Å². The molecule has 1 aromatic carbocycles. The molecule has 0 bridgehead atoms. The fourth-order valence-corrected chi connectivity index (χ4v) is 2.21. The molecule has 0 fully saturated rings. The van der Waals surface area contributed by atoms with Crippen LogP contribution in [0.4, 0.5) is 5.69 Å². The molecule has 0 aliphatic carbocycles. The molecular weight excluding hydrogens is 228 g/mol. The number of likely N-dealkylation sites (N-methyl/N-ethyl adjacent to an activating group) is 1. The number of fused-ring (bicyclic) bond motifs is 1. The summed E-state index contributed by atoms with van der Waals surface area (Å²) in [4.78, 5) is 14.0. The van der Waals surface area contributed by atoms with E-state index < -0.39 is 0 Å². The number of carbonyl (C=O) groups excluding carboxylic acids is 1.